The molecular formula is C20H21F2N3O3. The van der Waals surface area contributed by atoms with Gasteiger partial charge in [0, 0.05) is 37.9 Å². The Hall–Kier alpha value is -3.16. The number of ether oxygens (including phenoxy) is 1. The van der Waals surface area contributed by atoms with Crippen molar-refractivity contribution in [2.24, 2.45) is 0 Å². The lowest BCUT2D eigenvalue weighted by Crippen LogP contribution is -2.51. The van der Waals surface area contributed by atoms with Crippen molar-refractivity contribution in [3.63, 3.8) is 0 Å². The predicted octanol–water partition coefficient (Wildman–Crippen LogP) is 2.05. The van der Waals surface area contributed by atoms with Crippen molar-refractivity contribution in [3.8, 4) is 5.75 Å². The number of rotatable bonds is 5. The van der Waals surface area contributed by atoms with Crippen LogP contribution in [0, 0.1) is 11.6 Å². The average Bonchev–Trinajstić information content (AvgIpc) is 2.72. The van der Waals surface area contributed by atoms with Gasteiger partial charge in [0.1, 0.15) is 17.4 Å². The molecule has 0 aromatic heterocycles. The van der Waals surface area contributed by atoms with Crippen molar-refractivity contribution in [2.75, 3.05) is 44.7 Å². The molecule has 3 rings (SSSR count). The fourth-order valence-corrected chi connectivity index (χ4v) is 3.04. The third-order valence-corrected chi connectivity index (χ3v) is 4.65. The van der Waals surface area contributed by atoms with Gasteiger partial charge in [0.15, 0.2) is 0 Å². The number of piperazine rings is 1. The number of carbonyl (C=O) groups is 2. The van der Waals surface area contributed by atoms with Crippen molar-refractivity contribution in [1.82, 2.24) is 10.2 Å². The van der Waals surface area contributed by atoms with Crippen molar-refractivity contribution in [3.05, 3.63) is 59.7 Å². The Morgan fingerprint density at radius 2 is 1.71 bits per heavy atom. The predicted molar refractivity (Wildman–Crippen MR) is 100 cm³/mol. The molecule has 1 aliphatic heterocycles. The monoisotopic (exact) mass is 389 g/mol. The molecule has 148 valence electrons. The van der Waals surface area contributed by atoms with Crippen LogP contribution in [0.1, 0.15) is 10.4 Å². The number of benzene rings is 2. The zero-order valence-electron chi connectivity index (χ0n) is 15.5. The van der Waals surface area contributed by atoms with E-state index in [4.69, 9.17) is 4.74 Å². The van der Waals surface area contributed by atoms with E-state index in [9.17, 15) is 18.4 Å². The Balaban J connectivity index is 1.49. The van der Waals surface area contributed by atoms with E-state index >= 15 is 0 Å². The van der Waals surface area contributed by atoms with E-state index in [1.54, 1.807) is 12.0 Å². The fraction of sp³-hybridized carbons (Fsp3) is 0.300. The number of anilines is 1. The van der Waals surface area contributed by atoms with Crippen LogP contribution in [0.15, 0.2) is 42.5 Å². The van der Waals surface area contributed by atoms with Crippen LogP contribution in [0.4, 0.5) is 14.5 Å². The summed E-state index contributed by atoms with van der Waals surface area (Å²) in [6.45, 7) is 2.13. The van der Waals surface area contributed by atoms with E-state index in [1.807, 2.05) is 24.3 Å². The minimum Gasteiger partial charge on any atom is -0.497 e. The molecule has 1 N–H and O–H groups in total. The number of amides is 2. The van der Waals surface area contributed by atoms with Gasteiger partial charge >= 0.3 is 0 Å². The molecule has 0 spiro atoms. The highest BCUT2D eigenvalue weighted by atomic mass is 19.1. The number of halogens is 2. The first kappa shape index (κ1) is 19.6. The van der Waals surface area contributed by atoms with Crippen LogP contribution in [-0.4, -0.2) is 56.5 Å². The molecule has 2 amide bonds. The lowest BCUT2D eigenvalue weighted by atomic mass is 10.2. The number of hydrogen-bond acceptors (Lipinski definition) is 4. The SMILES string of the molecule is COc1ccc(N2CCN(C(=O)CNC(=O)c3ccc(F)cc3F)CC2)cc1. The average molecular weight is 389 g/mol. The van der Waals surface area contributed by atoms with Gasteiger partial charge in [-0.1, -0.05) is 0 Å². The lowest BCUT2D eigenvalue weighted by molar-refractivity contribution is -0.130. The number of methoxy groups -OCH3 is 1. The maximum absolute atomic E-state index is 13.6. The van der Waals surface area contributed by atoms with Crippen LogP contribution < -0.4 is 15.0 Å². The Labute approximate surface area is 161 Å². The van der Waals surface area contributed by atoms with Gasteiger partial charge in [-0.3, -0.25) is 9.59 Å². The summed E-state index contributed by atoms with van der Waals surface area (Å²) in [7, 11) is 1.61. The molecule has 2 aromatic carbocycles. The number of carbonyl (C=O) groups excluding carboxylic acids is 2. The zero-order chi connectivity index (χ0) is 20.1. The molecule has 0 aliphatic carbocycles. The summed E-state index contributed by atoms with van der Waals surface area (Å²) in [5.74, 6) is -1.93. The van der Waals surface area contributed by atoms with Crippen molar-refractivity contribution < 1.29 is 23.1 Å². The van der Waals surface area contributed by atoms with Crippen LogP contribution in [0.5, 0.6) is 5.75 Å². The second kappa shape index (κ2) is 8.69. The number of nitrogens with zero attached hydrogens (tertiary/aromatic N) is 2. The van der Waals surface area contributed by atoms with Crippen LogP contribution in [0.25, 0.3) is 0 Å². The largest absolute Gasteiger partial charge is 0.497 e. The van der Waals surface area contributed by atoms with Gasteiger partial charge in [-0.25, -0.2) is 8.78 Å². The smallest absolute Gasteiger partial charge is 0.254 e. The van der Waals surface area contributed by atoms with E-state index < -0.39 is 17.5 Å². The standard InChI is InChI=1S/C20H21F2N3O3/c1-28-16-5-3-15(4-6-16)24-8-10-25(11-9-24)19(26)13-23-20(27)17-7-2-14(21)12-18(17)22/h2-7,12H,8-11,13H2,1H3,(H,23,27). The molecule has 6 nitrogen and oxygen atoms in total. The first-order valence-corrected chi connectivity index (χ1v) is 8.88. The molecule has 0 radical (unpaired) electrons. The minimum absolute atomic E-state index is 0.238. The van der Waals surface area contributed by atoms with Crippen LogP contribution in [0.3, 0.4) is 0 Å². The second-order valence-electron chi connectivity index (χ2n) is 6.37. The summed E-state index contributed by atoms with van der Waals surface area (Å²) >= 11 is 0. The van der Waals surface area contributed by atoms with Gasteiger partial charge in [0.25, 0.3) is 5.91 Å². The van der Waals surface area contributed by atoms with Crippen molar-refractivity contribution >= 4 is 17.5 Å². The normalized spacial score (nSPS) is 14.0. The summed E-state index contributed by atoms with van der Waals surface area (Å²) in [5.41, 5.74) is 0.756. The molecule has 1 fully saturated rings. The highest BCUT2D eigenvalue weighted by Crippen LogP contribution is 2.20. The molecule has 0 bridgehead atoms. The zero-order valence-corrected chi connectivity index (χ0v) is 15.5. The Morgan fingerprint density at radius 1 is 1.04 bits per heavy atom. The van der Waals surface area contributed by atoms with Gasteiger partial charge in [-0.2, -0.15) is 0 Å². The Kier molecular flexibility index (Phi) is 6.08. The van der Waals surface area contributed by atoms with Crippen LogP contribution in [0.2, 0.25) is 0 Å². The van der Waals surface area contributed by atoms with E-state index in [0.29, 0.717) is 32.2 Å². The molecule has 1 saturated heterocycles. The summed E-state index contributed by atoms with van der Waals surface area (Å²) in [6, 6.07) is 10.4. The molecule has 8 heteroatoms. The molecule has 2 aromatic rings. The van der Waals surface area contributed by atoms with E-state index in [0.717, 1.165) is 23.6 Å². The molecule has 28 heavy (non-hydrogen) atoms. The molecule has 0 atom stereocenters. The van der Waals surface area contributed by atoms with Crippen LogP contribution >= 0.6 is 0 Å². The Morgan fingerprint density at radius 3 is 2.32 bits per heavy atom. The second-order valence-corrected chi connectivity index (χ2v) is 6.37. The first-order valence-electron chi connectivity index (χ1n) is 8.88. The summed E-state index contributed by atoms with van der Waals surface area (Å²) < 4.78 is 31.7. The van der Waals surface area contributed by atoms with Gasteiger partial charge in [-0.05, 0) is 36.4 Å². The molecule has 0 saturated carbocycles. The molecule has 0 unspecified atom stereocenters. The lowest BCUT2D eigenvalue weighted by Gasteiger charge is -2.36. The van der Waals surface area contributed by atoms with Gasteiger partial charge < -0.3 is 19.9 Å². The van der Waals surface area contributed by atoms with E-state index in [2.05, 4.69) is 10.2 Å². The summed E-state index contributed by atoms with van der Waals surface area (Å²) in [6.07, 6.45) is 0. The highest BCUT2D eigenvalue weighted by molar-refractivity contribution is 5.96. The molecular weight excluding hydrogens is 368 g/mol. The number of hydrogen-bond donors (Lipinski definition) is 1. The summed E-state index contributed by atoms with van der Waals surface area (Å²) in [5, 5.41) is 2.39. The van der Waals surface area contributed by atoms with Gasteiger partial charge in [0.2, 0.25) is 5.91 Å². The molecule has 1 aliphatic rings. The minimum atomic E-state index is -0.960. The van der Waals surface area contributed by atoms with E-state index in [-0.39, 0.29) is 18.0 Å². The first-order chi connectivity index (χ1) is 13.5. The van der Waals surface area contributed by atoms with Gasteiger partial charge in [0.05, 0.1) is 19.2 Å². The highest BCUT2D eigenvalue weighted by Gasteiger charge is 2.22. The maximum Gasteiger partial charge on any atom is 0.254 e. The van der Waals surface area contributed by atoms with Gasteiger partial charge in [-0.15, -0.1) is 0 Å². The Bertz CT molecular complexity index is 850. The van der Waals surface area contributed by atoms with Crippen LogP contribution in [-0.2, 0) is 4.79 Å². The van der Waals surface area contributed by atoms with Crippen molar-refractivity contribution in [1.29, 1.82) is 0 Å². The van der Waals surface area contributed by atoms with E-state index in [1.165, 1.54) is 0 Å². The quantitative estimate of drug-likeness (QED) is 0.850. The van der Waals surface area contributed by atoms with Crippen molar-refractivity contribution in [2.45, 2.75) is 0 Å². The third kappa shape index (κ3) is 4.57. The molecule has 1 heterocycles. The maximum atomic E-state index is 13.6. The fourth-order valence-electron chi connectivity index (χ4n) is 3.04. The topological polar surface area (TPSA) is 61.9 Å². The third-order valence-electron chi connectivity index (χ3n) is 4.65. The summed E-state index contributed by atoms with van der Waals surface area (Å²) in [4.78, 5) is 28.1. The number of nitrogens with one attached hydrogen (secondary N) is 1.